The minimum atomic E-state index is -1.19. The van der Waals surface area contributed by atoms with E-state index in [9.17, 15) is 29.1 Å². The lowest BCUT2D eigenvalue weighted by molar-refractivity contribution is -0.143. The van der Waals surface area contributed by atoms with Crippen molar-refractivity contribution in [2.45, 2.75) is 65.6 Å². The number of carbonyl (C=O) groups is 5. The highest BCUT2D eigenvalue weighted by atomic mass is 16.4. The van der Waals surface area contributed by atoms with E-state index in [1.165, 1.54) is 6.92 Å². The van der Waals surface area contributed by atoms with Crippen LogP contribution in [0.1, 0.15) is 47.5 Å². The van der Waals surface area contributed by atoms with E-state index in [0.717, 1.165) is 0 Å². The molecule has 29 heavy (non-hydrogen) atoms. The van der Waals surface area contributed by atoms with Crippen LogP contribution in [0.3, 0.4) is 0 Å². The normalized spacial score (nSPS) is 13.9. The smallest absolute Gasteiger partial charge is 0.326 e. The number of amides is 5. The zero-order chi connectivity index (χ0) is 22.7. The minimum Gasteiger partial charge on any atom is -0.480 e. The molecule has 0 saturated carbocycles. The largest absolute Gasteiger partial charge is 0.480 e. The summed E-state index contributed by atoms with van der Waals surface area (Å²) < 4.78 is 0. The van der Waals surface area contributed by atoms with E-state index in [4.69, 9.17) is 5.73 Å². The molecule has 5 amide bonds. The molecule has 0 rings (SSSR count). The van der Waals surface area contributed by atoms with Crippen molar-refractivity contribution >= 4 is 29.7 Å². The molecule has 0 aliphatic carbocycles. The summed E-state index contributed by atoms with van der Waals surface area (Å²) in [7, 11) is 0. The average Bonchev–Trinajstić information content (AvgIpc) is 2.58. The third-order valence-electron chi connectivity index (χ3n) is 4.14. The van der Waals surface area contributed by atoms with Gasteiger partial charge in [-0.2, -0.15) is 0 Å². The maximum atomic E-state index is 12.7. The maximum Gasteiger partial charge on any atom is 0.326 e. The van der Waals surface area contributed by atoms with Crippen molar-refractivity contribution in [2.24, 2.45) is 17.6 Å². The van der Waals surface area contributed by atoms with E-state index in [1.807, 2.05) is 0 Å². The molecule has 7 N–H and O–H groups in total. The van der Waals surface area contributed by atoms with Crippen molar-refractivity contribution in [1.82, 2.24) is 21.3 Å². The molecule has 0 aliphatic rings. The average molecular weight is 415 g/mol. The summed E-state index contributed by atoms with van der Waals surface area (Å²) in [5.41, 5.74) is 5.00. The van der Waals surface area contributed by atoms with E-state index in [0.29, 0.717) is 6.42 Å². The number of aliphatic carboxylic acids is 1. The second-order valence-corrected chi connectivity index (χ2v) is 7.49. The van der Waals surface area contributed by atoms with Crippen molar-refractivity contribution in [3.8, 4) is 0 Å². The van der Waals surface area contributed by atoms with Gasteiger partial charge in [0.2, 0.25) is 17.7 Å². The van der Waals surface area contributed by atoms with Crippen LogP contribution in [0, 0.1) is 11.8 Å². The zero-order valence-corrected chi connectivity index (χ0v) is 17.6. The van der Waals surface area contributed by atoms with Crippen LogP contribution in [0.2, 0.25) is 0 Å². The maximum absolute atomic E-state index is 12.7. The topological polar surface area (TPSA) is 180 Å². The summed E-state index contributed by atoms with van der Waals surface area (Å²) >= 11 is 0. The highest BCUT2D eigenvalue weighted by molar-refractivity contribution is 5.93. The van der Waals surface area contributed by atoms with Crippen molar-refractivity contribution < 1.29 is 29.1 Å². The SMILES string of the molecule is CC(=O)N[C@H](C(=O)N[C@@H](CCCNC(N)=O)C(=O)NC(C(=O)O)C(C)C)C(C)C. The number of hydrogen-bond donors (Lipinski definition) is 6. The molecule has 11 nitrogen and oxygen atoms in total. The molecule has 0 aromatic heterocycles. The molecule has 0 saturated heterocycles. The molecule has 3 atom stereocenters. The first-order valence-corrected chi connectivity index (χ1v) is 9.50. The van der Waals surface area contributed by atoms with Crippen LogP contribution in [0.5, 0.6) is 0 Å². The van der Waals surface area contributed by atoms with Gasteiger partial charge in [0.1, 0.15) is 18.1 Å². The third-order valence-corrected chi connectivity index (χ3v) is 4.14. The quantitative estimate of drug-likeness (QED) is 0.229. The van der Waals surface area contributed by atoms with Gasteiger partial charge in [0.25, 0.3) is 0 Å². The second-order valence-electron chi connectivity index (χ2n) is 7.49. The van der Waals surface area contributed by atoms with Gasteiger partial charge >= 0.3 is 12.0 Å². The Morgan fingerprint density at radius 2 is 1.41 bits per heavy atom. The molecule has 0 aromatic rings. The molecule has 166 valence electrons. The van der Waals surface area contributed by atoms with E-state index < -0.39 is 47.8 Å². The van der Waals surface area contributed by atoms with Gasteiger partial charge in [0.05, 0.1) is 0 Å². The predicted octanol–water partition coefficient (Wildman–Crippen LogP) is -0.694. The summed E-state index contributed by atoms with van der Waals surface area (Å²) in [5, 5.41) is 19.2. The van der Waals surface area contributed by atoms with Gasteiger partial charge < -0.3 is 32.1 Å². The summed E-state index contributed by atoms with van der Waals surface area (Å²) in [6, 6.07) is -3.74. The molecule has 0 aliphatic heterocycles. The lowest BCUT2D eigenvalue weighted by atomic mass is 10.0. The molecule has 0 fully saturated rings. The number of urea groups is 1. The molecule has 0 radical (unpaired) electrons. The number of nitrogens with two attached hydrogens (primary N) is 1. The van der Waals surface area contributed by atoms with Gasteiger partial charge in [0.15, 0.2) is 0 Å². The zero-order valence-electron chi connectivity index (χ0n) is 17.6. The summed E-state index contributed by atoms with van der Waals surface area (Å²) in [5.74, 6) is -3.41. The molecule has 1 unspecified atom stereocenters. The van der Waals surface area contributed by atoms with Crippen LogP contribution in [0.25, 0.3) is 0 Å². The molecule has 0 aromatic carbocycles. The molecule has 11 heteroatoms. The van der Waals surface area contributed by atoms with Crippen LogP contribution in [-0.4, -0.2) is 59.5 Å². The van der Waals surface area contributed by atoms with Gasteiger partial charge in [-0.15, -0.1) is 0 Å². The first-order chi connectivity index (χ1) is 13.4. The van der Waals surface area contributed by atoms with Crippen LogP contribution < -0.4 is 27.0 Å². The Kier molecular flexibility index (Phi) is 11.3. The summed E-state index contributed by atoms with van der Waals surface area (Å²) in [4.78, 5) is 58.8. The Balaban J connectivity index is 5.31. The van der Waals surface area contributed by atoms with Crippen LogP contribution >= 0.6 is 0 Å². The fourth-order valence-electron chi connectivity index (χ4n) is 2.57. The standard InChI is InChI=1S/C18H33N5O6/c1-9(2)13(21-11(5)24)16(26)22-12(7-6-8-20-18(19)29)15(25)23-14(10(3)4)17(27)28/h9-10,12-14H,6-8H2,1-5H3,(H,21,24)(H,22,26)(H,23,25)(H,27,28)(H3,19,20,29)/t12-,13-,14?/m0/s1. The van der Waals surface area contributed by atoms with Gasteiger partial charge in [-0.05, 0) is 24.7 Å². The second kappa shape index (κ2) is 12.6. The number of carboxylic acids is 1. The van der Waals surface area contributed by atoms with E-state index in [-0.39, 0.29) is 24.8 Å². The van der Waals surface area contributed by atoms with Gasteiger partial charge in [-0.3, -0.25) is 14.4 Å². The lowest BCUT2D eigenvalue weighted by Crippen LogP contribution is -2.57. The van der Waals surface area contributed by atoms with E-state index in [2.05, 4.69) is 21.3 Å². The Hall–Kier alpha value is -2.85. The van der Waals surface area contributed by atoms with Gasteiger partial charge in [-0.25, -0.2) is 9.59 Å². The highest BCUT2D eigenvalue weighted by Crippen LogP contribution is 2.07. The molecule has 0 heterocycles. The monoisotopic (exact) mass is 415 g/mol. The summed E-state index contributed by atoms with van der Waals surface area (Å²) in [6.07, 6.45) is 0.445. The highest BCUT2D eigenvalue weighted by Gasteiger charge is 2.31. The Morgan fingerprint density at radius 1 is 0.862 bits per heavy atom. The van der Waals surface area contributed by atoms with Crippen LogP contribution in [-0.2, 0) is 19.2 Å². The van der Waals surface area contributed by atoms with Crippen molar-refractivity contribution in [3.05, 3.63) is 0 Å². The van der Waals surface area contributed by atoms with Crippen LogP contribution in [0.4, 0.5) is 4.79 Å². The lowest BCUT2D eigenvalue weighted by Gasteiger charge is -2.26. The van der Waals surface area contributed by atoms with Crippen molar-refractivity contribution in [2.75, 3.05) is 6.54 Å². The molecular formula is C18H33N5O6. The van der Waals surface area contributed by atoms with Crippen LogP contribution in [0.15, 0.2) is 0 Å². The molecular weight excluding hydrogens is 382 g/mol. The van der Waals surface area contributed by atoms with Gasteiger partial charge in [0, 0.05) is 13.5 Å². The molecule has 0 spiro atoms. The van der Waals surface area contributed by atoms with E-state index >= 15 is 0 Å². The number of rotatable bonds is 12. The summed E-state index contributed by atoms with van der Waals surface area (Å²) in [6.45, 7) is 8.24. The molecule has 0 bridgehead atoms. The number of carboxylic acid groups (broad SMARTS) is 1. The first-order valence-electron chi connectivity index (χ1n) is 9.50. The predicted molar refractivity (Wildman–Crippen MR) is 106 cm³/mol. The van der Waals surface area contributed by atoms with Gasteiger partial charge in [-0.1, -0.05) is 27.7 Å². The fraction of sp³-hybridized carbons (Fsp3) is 0.722. The number of nitrogens with one attached hydrogen (secondary N) is 4. The van der Waals surface area contributed by atoms with Crippen molar-refractivity contribution in [1.29, 1.82) is 0 Å². The number of hydrogen-bond acceptors (Lipinski definition) is 5. The number of carbonyl (C=O) groups excluding carboxylic acids is 4. The van der Waals surface area contributed by atoms with Crippen molar-refractivity contribution in [3.63, 3.8) is 0 Å². The first kappa shape index (κ1) is 26.1. The Bertz CT molecular complexity index is 608. The Labute approximate surface area is 170 Å². The Morgan fingerprint density at radius 3 is 1.83 bits per heavy atom. The third kappa shape index (κ3) is 10.3. The number of primary amides is 1. The minimum absolute atomic E-state index is 0.132. The van der Waals surface area contributed by atoms with E-state index in [1.54, 1.807) is 27.7 Å². The fourth-order valence-corrected chi connectivity index (χ4v) is 2.57.